The highest BCUT2D eigenvalue weighted by atomic mass is 32.2. The number of carbonyl (C=O) groups excluding carboxylic acids is 2. The molecule has 2 aliphatic heterocycles. The van der Waals surface area contributed by atoms with Crippen molar-refractivity contribution in [2.75, 3.05) is 26.2 Å². The predicted octanol–water partition coefficient (Wildman–Crippen LogP) is 4.57. The molecule has 2 aromatic carbocycles. The predicted molar refractivity (Wildman–Crippen MR) is 174 cm³/mol. The molecule has 5 rings (SSSR count). The number of sulfonamides is 1. The van der Waals surface area contributed by atoms with Crippen LogP contribution < -0.4 is 0 Å². The molecule has 0 saturated carbocycles. The maximum atomic E-state index is 13.7. The van der Waals surface area contributed by atoms with Crippen LogP contribution in [-0.2, 0) is 29.1 Å². The van der Waals surface area contributed by atoms with Crippen LogP contribution in [0.2, 0.25) is 0 Å². The smallest absolute Gasteiger partial charge is 0.309 e. The quantitative estimate of drug-likeness (QED) is 0.176. The fraction of sp³-hybridized carbons (Fsp3) is 0.323. The van der Waals surface area contributed by atoms with Crippen molar-refractivity contribution < 1.29 is 32.6 Å². The number of ether oxygens (including phenoxy) is 1. The van der Waals surface area contributed by atoms with Gasteiger partial charge in [-0.3, -0.25) is 19.3 Å². The van der Waals surface area contributed by atoms with Crippen LogP contribution in [0.15, 0.2) is 70.6 Å². The van der Waals surface area contributed by atoms with Crippen molar-refractivity contribution in [2.24, 2.45) is 5.92 Å². The van der Waals surface area contributed by atoms with Gasteiger partial charge >= 0.3 is 11.9 Å². The number of esters is 1. The van der Waals surface area contributed by atoms with E-state index in [1.165, 1.54) is 15.3 Å². The molecule has 2 aliphatic rings. The lowest BCUT2D eigenvalue weighted by molar-refractivity contribution is -0.149. The van der Waals surface area contributed by atoms with Crippen LogP contribution in [0.5, 0.6) is 0 Å². The summed E-state index contributed by atoms with van der Waals surface area (Å²) in [5, 5.41) is 13.8. The number of aliphatic carboxylic acids is 1. The number of carboxylic acid groups (broad SMARTS) is 1. The van der Waals surface area contributed by atoms with E-state index >= 15 is 0 Å². The number of aromatic nitrogens is 2. The van der Waals surface area contributed by atoms with Gasteiger partial charge in [-0.15, -0.1) is 0 Å². The molecule has 236 valence electrons. The highest BCUT2D eigenvalue weighted by Crippen LogP contribution is 2.36. The Morgan fingerprint density at radius 1 is 1.13 bits per heavy atom. The zero-order valence-corrected chi connectivity index (χ0v) is 26.9. The van der Waals surface area contributed by atoms with E-state index < -0.39 is 16.0 Å². The number of hydrogen-bond donors (Lipinski definition) is 1. The van der Waals surface area contributed by atoms with Gasteiger partial charge in [-0.2, -0.15) is 9.40 Å². The van der Waals surface area contributed by atoms with Crippen molar-refractivity contribution in [1.82, 2.24) is 19.0 Å². The second kappa shape index (κ2) is 14.1. The zero-order valence-electron chi connectivity index (χ0n) is 24.5. The Hall–Kier alpha value is -3.85. The standard InChI is InChI=1S/C31H32N4O7S3/c1-2-42-30(39)21-13-16-33(17-14-21)45(40,41)25-11-6-8-22(18-25)28-23(20-35(32-28)24-9-4-3-5-10-24)19-26-29(38)34(31(43)44-26)15-7-12-27(36)37/h3-6,8-11,18-21H,2,7,12-17H2,1H3,(H,36,37)/b26-19-. The molecule has 0 spiro atoms. The normalized spacial score (nSPS) is 17.3. The third-order valence-electron chi connectivity index (χ3n) is 7.51. The number of thioether (sulfide) groups is 1. The van der Waals surface area contributed by atoms with Gasteiger partial charge in [0, 0.05) is 43.4 Å². The molecule has 0 atom stereocenters. The SMILES string of the molecule is CCOC(=O)C1CCN(S(=O)(=O)c2cccc(-c3nn(-c4ccccc4)cc3/C=C3\SC(=S)N(CCCC(=O)O)C3=O)c2)CC1. The molecular weight excluding hydrogens is 637 g/mol. The third kappa shape index (κ3) is 7.35. The third-order valence-corrected chi connectivity index (χ3v) is 10.8. The molecule has 0 aliphatic carbocycles. The molecule has 2 fully saturated rings. The molecule has 11 nitrogen and oxygen atoms in total. The maximum absolute atomic E-state index is 13.7. The largest absolute Gasteiger partial charge is 0.481 e. The molecule has 0 radical (unpaired) electrons. The van der Waals surface area contributed by atoms with Crippen LogP contribution >= 0.6 is 24.0 Å². The van der Waals surface area contributed by atoms with Crippen molar-refractivity contribution in [2.45, 2.75) is 37.5 Å². The van der Waals surface area contributed by atoms with Gasteiger partial charge < -0.3 is 9.84 Å². The summed E-state index contributed by atoms with van der Waals surface area (Å²) in [6.45, 7) is 2.64. The number of para-hydroxylation sites is 1. The molecule has 0 unspecified atom stereocenters. The summed E-state index contributed by atoms with van der Waals surface area (Å²) in [4.78, 5) is 38.2. The van der Waals surface area contributed by atoms with Crippen molar-refractivity contribution in [3.63, 3.8) is 0 Å². The van der Waals surface area contributed by atoms with Gasteiger partial charge in [0.25, 0.3) is 5.91 Å². The van der Waals surface area contributed by atoms with Gasteiger partial charge in [-0.05, 0) is 56.5 Å². The first-order valence-electron chi connectivity index (χ1n) is 14.5. The molecule has 14 heteroatoms. The minimum atomic E-state index is -3.87. The van der Waals surface area contributed by atoms with E-state index in [1.807, 2.05) is 30.3 Å². The van der Waals surface area contributed by atoms with Crippen molar-refractivity contribution >= 4 is 62.2 Å². The first kappa shape index (κ1) is 32.5. The molecule has 1 N–H and O–H groups in total. The number of thiocarbonyl (C=S) groups is 1. The van der Waals surface area contributed by atoms with E-state index in [0.717, 1.165) is 17.4 Å². The molecule has 45 heavy (non-hydrogen) atoms. The monoisotopic (exact) mass is 668 g/mol. The first-order valence-corrected chi connectivity index (χ1v) is 17.1. The van der Waals surface area contributed by atoms with Crippen molar-refractivity contribution in [3.05, 3.63) is 71.3 Å². The van der Waals surface area contributed by atoms with E-state index in [2.05, 4.69) is 0 Å². The number of amides is 1. The highest BCUT2D eigenvalue weighted by molar-refractivity contribution is 8.26. The van der Waals surface area contributed by atoms with Gasteiger partial charge in [0.05, 0.1) is 28.0 Å². The number of benzene rings is 2. The summed E-state index contributed by atoms with van der Waals surface area (Å²) in [6.07, 6.45) is 4.42. The second-order valence-corrected chi connectivity index (χ2v) is 14.1. The van der Waals surface area contributed by atoms with Gasteiger partial charge in [0.1, 0.15) is 10.0 Å². The highest BCUT2D eigenvalue weighted by Gasteiger charge is 2.34. The number of piperidine rings is 1. The minimum Gasteiger partial charge on any atom is -0.481 e. The number of rotatable bonds is 11. The minimum absolute atomic E-state index is 0.0766. The van der Waals surface area contributed by atoms with Crippen LogP contribution in [0.4, 0.5) is 0 Å². The van der Waals surface area contributed by atoms with Crippen LogP contribution in [0.3, 0.4) is 0 Å². The molecule has 1 aromatic heterocycles. The molecular formula is C31H32N4O7S3. The molecule has 3 heterocycles. The first-order chi connectivity index (χ1) is 21.6. The van der Waals surface area contributed by atoms with E-state index in [1.54, 1.807) is 42.1 Å². The Morgan fingerprint density at radius 2 is 1.87 bits per heavy atom. The van der Waals surface area contributed by atoms with Crippen LogP contribution in [-0.4, -0.2) is 80.9 Å². The number of nitrogens with zero attached hydrogens (tertiary/aromatic N) is 4. The van der Waals surface area contributed by atoms with E-state index in [0.29, 0.717) is 38.9 Å². The Labute approximate surface area is 270 Å². The Kier molecular flexibility index (Phi) is 10.2. The summed E-state index contributed by atoms with van der Waals surface area (Å²) in [7, 11) is -3.87. The van der Waals surface area contributed by atoms with Crippen LogP contribution in [0, 0.1) is 5.92 Å². The van der Waals surface area contributed by atoms with E-state index in [4.69, 9.17) is 27.2 Å². The summed E-state index contributed by atoms with van der Waals surface area (Å²) in [5.74, 6) is -1.89. The lowest BCUT2D eigenvalue weighted by Gasteiger charge is -2.30. The zero-order chi connectivity index (χ0) is 32.1. The summed E-state index contributed by atoms with van der Waals surface area (Å²) < 4.78 is 35.9. The van der Waals surface area contributed by atoms with Crippen LogP contribution in [0.1, 0.15) is 38.2 Å². The average molecular weight is 669 g/mol. The maximum Gasteiger partial charge on any atom is 0.309 e. The van der Waals surface area contributed by atoms with Crippen molar-refractivity contribution in [3.8, 4) is 16.9 Å². The molecule has 2 saturated heterocycles. The second-order valence-electron chi connectivity index (χ2n) is 10.5. The molecule has 0 bridgehead atoms. The fourth-order valence-electron chi connectivity index (χ4n) is 5.20. The summed E-state index contributed by atoms with van der Waals surface area (Å²) in [5.41, 5.74) is 2.35. The Bertz CT molecular complexity index is 1750. The van der Waals surface area contributed by atoms with Crippen molar-refractivity contribution in [1.29, 1.82) is 0 Å². The lowest BCUT2D eigenvalue weighted by Crippen LogP contribution is -2.40. The lowest BCUT2D eigenvalue weighted by atomic mass is 9.98. The number of carboxylic acids is 1. The Morgan fingerprint density at radius 3 is 2.56 bits per heavy atom. The average Bonchev–Trinajstić information content (AvgIpc) is 3.58. The van der Waals surface area contributed by atoms with Gasteiger partial charge in [0.2, 0.25) is 10.0 Å². The molecule has 3 aromatic rings. The molecule has 1 amide bonds. The summed E-state index contributed by atoms with van der Waals surface area (Å²) >= 11 is 6.54. The van der Waals surface area contributed by atoms with Gasteiger partial charge in [-0.25, -0.2) is 13.1 Å². The van der Waals surface area contributed by atoms with Gasteiger partial charge in [0.15, 0.2) is 0 Å². The summed E-state index contributed by atoms with van der Waals surface area (Å²) in [6, 6.07) is 15.9. The Balaban J connectivity index is 1.46. The van der Waals surface area contributed by atoms with Crippen LogP contribution in [0.25, 0.3) is 23.0 Å². The van der Waals surface area contributed by atoms with E-state index in [-0.39, 0.29) is 61.8 Å². The topological polar surface area (TPSA) is 139 Å². The fourth-order valence-corrected chi connectivity index (χ4v) is 8.01. The number of hydrogen-bond acceptors (Lipinski definition) is 9. The van der Waals surface area contributed by atoms with E-state index in [9.17, 15) is 22.8 Å². The van der Waals surface area contributed by atoms with Gasteiger partial charge in [-0.1, -0.05) is 54.3 Å². The number of carbonyl (C=O) groups is 3.